The number of hydrogen-bond donors (Lipinski definition) is 2. The Bertz CT molecular complexity index is 552. The molecule has 128 valence electrons. The Morgan fingerprint density at radius 3 is 2.22 bits per heavy atom. The summed E-state index contributed by atoms with van der Waals surface area (Å²) in [5.41, 5.74) is 0.513. The van der Waals surface area contributed by atoms with Gasteiger partial charge in [-0.2, -0.15) is 0 Å². The molecule has 1 aromatic rings. The quantitative estimate of drug-likeness (QED) is 0.873. The number of rotatable bonds is 5. The lowest BCUT2D eigenvalue weighted by molar-refractivity contribution is -0.141. The minimum absolute atomic E-state index is 0.113. The molecule has 2 atom stereocenters. The van der Waals surface area contributed by atoms with Gasteiger partial charge < -0.3 is 15.3 Å². The van der Waals surface area contributed by atoms with Crippen molar-refractivity contribution in [3.05, 3.63) is 35.6 Å². The maximum absolute atomic E-state index is 13.1. The molecule has 6 heteroatoms. The molecule has 1 aromatic carbocycles. The number of carbonyl (C=O) groups is 2. The average Bonchev–Trinajstić information content (AvgIpc) is 2.44. The highest BCUT2D eigenvalue weighted by Crippen LogP contribution is 2.32. The third kappa shape index (κ3) is 5.54. The van der Waals surface area contributed by atoms with E-state index < -0.39 is 11.9 Å². The standard InChI is InChI=1S/C17H25FN2O3/c1-11(15(21)22)10-20(5)16(23)19-14(17(2,3)4)12-6-8-13(18)9-7-12/h6-9,11,14H,10H2,1-5H3,(H,19,23)(H,21,22). The number of halogens is 1. The van der Waals surface area contributed by atoms with Crippen LogP contribution in [0.3, 0.4) is 0 Å². The molecule has 0 aliphatic carbocycles. The van der Waals surface area contributed by atoms with Gasteiger partial charge >= 0.3 is 12.0 Å². The highest BCUT2D eigenvalue weighted by Gasteiger charge is 2.29. The number of benzene rings is 1. The van der Waals surface area contributed by atoms with Crippen LogP contribution in [0.5, 0.6) is 0 Å². The van der Waals surface area contributed by atoms with Gasteiger partial charge in [-0.05, 0) is 23.1 Å². The van der Waals surface area contributed by atoms with Crippen molar-refractivity contribution in [2.24, 2.45) is 11.3 Å². The van der Waals surface area contributed by atoms with Crippen molar-refractivity contribution in [3.63, 3.8) is 0 Å². The van der Waals surface area contributed by atoms with Crippen LogP contribution in [-0.2, 0) is 4.79 Å². The van der Waals surface area contributed by atoms with Gasteiger partial charge in [0.25, 0.3) is 0 Å². The molecule has 0 saturated heterocycles. The maximum atomic E-state index is 13.1. The van der Waals surface area contributed by atoms with Gasteiger partial charge in [0, 0.05) is 13.6 Å². The molecule has 0 aliphatic rings. The number of amides is 2. The van der Waals surface area contributed by atoms with E-state index in [0.29, 0.717) is 0 Å². The summed E-state index contributed by atoms with van der Waals surface area (Å²) in [6, 6.07) is 5.32. The van der Waals surface area contributed by atoms with Crippen molar-refractivity contribution in [3.8, 4) is 0 Å². The van der Waals surface area contributed by atoms with Crippen LogP contribution in [0.25, 0.3) is 0 Å². The summed E-state index contributed by atoms with van der Waals surface area (Å²) in [4.78, 5) is 24.6. The topological polar surface area (TPSA) is 69.6 Å². The van der Waals surface area contributed by atoms with Gasteiger partial charge in [-0.15, -0.1) is 0 Å². The molecule has 0 bridgehead atoms. The van der Waals surface area contributed by atoms with Gasteiger partial charge in [-0.1, -0.05) is 39.8 Å². The molecular weight excluding hydrogens is 299 g/mol. The zero-order chi connectivity index (χ0) is 17.8. The third-order valence-corrected chi connectivity index (χ3v) is 3.65. The Hall–Kier alpha value is -2.11. The average molecular weight is 324 g/mol. The van der Waals surface area contributed by atoms with Gasteiger partial charge in [-0.25, -0.2) is 9.18 Å². The minimum Gasteiger partial charge on any atom is -0.481 e. The molecule has 0 spiro atoms. The van der Waals surface area contributed by atoms with Gasteiger partial charge in [-0.3, -0.25) is 4.79 Å². The summed E-state index contributed by atoms with van der Waals surface area (Å²) in [5.74, 6) is -1.93. The van der Waals surface area contributed by atoms with Gasteiger partial charge in [0.1, 0.15) is 5.82 Å². The first-order valence-corrected chi connectivity index (χ1v) is 7.52. The second-order valence-electron chi connectivity index (χ2n) is 6.92. The number of nitrogens with one attached hydrogen (secondary N) is 1. The number of carboxylic acid groups (broad SMARTS) is 1. The second-order valence-corrected chi connectivity index (χ2v) is 6.92. The molecule has 0 saturated carbocycles. The first kappa shape index (κ1) is 18.9. The van der Waals surface area contributed by atoms with Crippen LogP contribution in [0, 0.1) is 17.2 Å². The normalized spacial score (nSPS) is 14.0. The SMILES string of the molecule is CC(CN(C)C(=O)NC(c1ccc(F)cc1)C(C)(C)C)C(=O)O. The first-order chi connectivity index (χ1) is 10.5. The molecule has 5 nitrogen and oxygen atoms in total. The Labute approximate surface area is 136 Å². The largest absolute Gasteiger partial charge is 0.481 e. The number of urea groups is 1. The fourth-order valence-corrected chi connectivity index (χ4v) is 2.26. The van der Waals surface area contributed by atoms with Crippen LogP contribution >= 0.6 is 0 Å². The van der Waals surface area contributed by atoms with Crippen LogP contribution in [-0.4, -0.2) is 35.6 Å². The van der Waals surface area contributed by atoms with E-state index in [4.69, 9.17) is 5.11 Å². The number of hydrogen-bond acceptors (Lipinski definition) is 2. The van der Waals surface area contributed by atoms with Crippen LogP contribution < -0.4 is 5.32 Å². The molecule has 0 heterocycles. The molecule has 2 amide bonds. The molecule has 1 rings (SSSR count). The van der Waals surface area contributed by atoms with Crippen molar-refractivity contribution < 1.29 is 19.1 Å². The Morgan fingerprint density at radius 2 is 1.78 bits per heavy atom. The number of aliphatic carboxylic acids is 1. The van der Waals surface area contributed by atoms with E-state index in [-0.39, 0.29) is 29.8 Å². The molecule has 23 heavy (non-hydrogen) atoms. The lowest BCUT2D eigenvalue weighted by Gasteiger charge is -2.33. The van der Waals surface area contributed by atoms with Crippen molar-refractivity contribution in [1.82, 2.24) is 10.2 Å². The zero-order valence-electron chi connectivity index (χ0n) is 14.3. The Morgan fingerprint density at radius 1 is 1.26 bits per heavy atom. The monoisotopic (exact) mass is 324 g/mol. The number of carbonyl (C=O) groups excluding carboxylic acids is 1. The third-order valence-electron chi connectivity index (χ3n) is 3.65. The number of carboxylic acids is 1. The van der Waals surface area contributed by atoms with Crippen LogP contribution in [0.2, 0.25) is 0 Å². The van der Waals surface area contributed by atoms with E-state index >= 15 is 0 Å². The van der Waals surface area contributed by atoms with Crippen molar-refractivity contribution >= 4 is 12.0 Å². The van der Waals surface area contributed by atoms with Gasteiger partial charge in [0.2, 0.25) is 0 Å². The molecule has 2 unspecified atom stereocenters. The summed E-state index contributed by atoms with van der Waals surface area (Å²) >= 11 is 0. The summed E-state index contributed by atoms with van der Waals surface area (Å²) in [6.07, 6.45) is 0. The van der Waals surface area contributed by atoms with E-state index in [1.807, 2.05) is 20.8 Å². The van der Waals surface area contributed by atoms with Crippen LogP contribution in [0.1, 0.15) is 39.3 Å². The van der Waals surface area contributed by atoms with E-state index in [1.54, 1.807) is 26.1 Å². The lowest BCUT2D eigenvalue weighted by atomic mass is 9.82. The summed E-state index contributed by atoms with van der Waals surface area (Å²) in [6.45, 7) is 7.58. The van der Waals surface area contributed by atoms with E-state index in [9.17, 15) is 14.0 Å². The highest BCUT2D eigenvalue weighted by molar-refractivity contribution is 5.76. The predicted molar refractivity (Wildman–Crippen MR) is 86.6 cm³/mol. The van der Waals surface area contributed by atoms with Crippen molar-refractivity contribution in [1.29, 1.82) is 0 Å². The maximum Gasteiger partial charge on any atom is 0.317 e. The molecular formula is C17H25FN2O3. The van der Waals surface area contributed by atoms with E-state index in [0.717, 1.165) is 5.56 Å². The van der Waals surface area contributed by atoms with Crippen molar-refractivity contribution in [2.45, 2.75) is 33.7 Å². The molecule has 0 radical (unpaired) electrons. The fraction of sp³-hybridized carbons (Fsp3) is 0.529. The van der Waals surface area contributed by atoms with Crippen LogP contribution in [0.15, 0.2) is 24.3 Å². The summed E-state index contributed by atoms with van der Waals surface area (Å²) in [5, 5.41) is 11.8. The minimum atomic E-state index is -0.949. The van der Waals surface area contributed by atoms with E-state index in [1.165, 1.54) is 17.0 Å². The lowest BCUT2D eigenvalue weighted by Crippen LogP contribution is -2.45. The molecule has 2 N–H and O–H groups in total. The predicted octanol–water partition coefficient (Wildman–Crippen LogP) is 3.28. The summed E-state index contributed by atoms with van der Waals surface area (Å²) in [7, 11) is 1.55. The van der Waals surface area contributed by atoms with Gasteiger partial charge in [0.05, 0.1) is 12.0 Å². The molecule has 0 fully saturated rings. The zero-order valence-corrected chi connectivity index (χ0v) is 14.3. The first-order valence-electron chi connectivity index (χ1n) is 7.52. The second kappa shape index (κ2) is 7.44. The Kier molecular flexibility index (Phi) is 6.12. The summed E-state index contributed by atoms with van der Waals surface area (Å²) < 4.78 is 13.1. The number of nitrogens with zero attached hydrogens (tertiary/aromatic N) is 1. The Balaban J connectivity index is 2.88. The fourth-order valence-electron chi connectivity index (χ4n) is 2.26. The van der Waals surface area contributed by atoms with Crippen LogP contribution in [0.4, 0.5) is 9.18 Å². The van der Waals surface area contributed by atoms with Gasteiger partial charge in [0.15, 0.2) is 0 Å². The van der Waals surface area contributed by atoms with Crippen molar-refractivity contribution in [2.75, 3.05) is 13.6 Å². The van der Waals surface area contributed by atoms with E-state index in [2.05, 4.69) is 5.32 Å². The molecule has 0 aromatic heterocycles. The molecule has 0 aliphatic heterocycles. The smallest absolute Gasteiger partial charge is 0.317 e. The highest BCUT2D eigenvalue weighted by atomic mass is 19.1.